The lowest BCUT2D eigenvalue weighted by Crippen LogP contribution is -2.32. The number of nitrogens with zero attached hydrogens (tertiary/aromatic N) is 2. The van der Waals surface area contributed by atoms with Crippen LogP contribution in [0.15, 0.2) is 30.5 Å². The van der Waals surface area contributed by atoms with Gasteiger partial charge in [-0.2, -0.15) is 5.10 Å². The molecule has 0 radical (unpaired) electrons. The Morgan fingerprint density at radius 2 is 1.96 bits per heavy atom. The summed E-state index contributed by atoms with van der Waals surface area (Å²) in [6.07, 6.45) is 4.69. The summed E-state index contributed by atoms with van der Waals surface area (Å²) in [5.74, 6) is 0.152. The summed E-state index contributed by atoms with van der Waals surface area (Å²) in [4.78, 5) is 12.4. The van der Waals surface area contributed by atoms with Crippen LogP contribution in [-0.4, -0.2) is 21.7 Å². The van der Waals surface area contributed by atoms with Gasteiger partial charge in [0.05, 0.1) is 17.5 Å². The van der Waals surface area contributed by atoms with Crippen molar-refractivity contribution in [2.45, 2.75) is 53.0 Å². The fourth-order valence-corrected chi connectivity index (χ4v) is 2.70. The van der Waals surface area contributed by atoms with E-state index in [1.54, 1.807) is 25.1 Å². The van der Waals surface area contributed by atoms with Gasteiger partial charge in [-0.3, -0.25) is 4.79 Å². The summed E-state index contributed by atoms with van der Waals surface area (Å²) in [6.45, 7) is 8.18. The first kappa shape index (κ1) is 18.2. The standard InChI is InChI=1S/C19H26FN3O/c1-13(2)8-7-9-14(3)22-19(24)16-12-21-23(15(16)4)18-11-6-5-10-17(18)20/h5-6,10-14H,7-9H2,1-4H3,(H,22,24). The highest BCUT2D eigenvalue weighted by molar-refractivity contribution is 5.95. The minimum atomic E-state index is -0.363. The molecule has 2 rings (SSSR count). The Balaban J connectivity index is 2.05. The van der Waals surface area contributed by atoms with E-state index in [1.165, 1.54) is 16.9 Å². The molecule has 0 spiro atoms. The van der Waals surface area contributed by atoms with Gasteiger partial charge in [0.2, 0.25) is 0 Å². The second-order valence-electron chi connectivity index (χ2n) is 6.71. The molecule has 1 heterocycles. The molecule has 1 aromatic heterocycles. The highest BCUT2D eigenvalue weighted by atomic mass is 19.1. The molecular formula is C19H26FN3O. The number of halogens is 1. The molecule has 5 heteroatoms. The lowest BCUT2D eigenvalue weighted by Gasteiger charge is -2.14. The zero-order valence-electron chi connectivity index (χ0n) is 14.8. The third kappa shape index (κ3) is 4.43. The van der Waals surface area contributed by atoms with Crippen LogP contribution in [0.25, 0.3) is 5.69 Å². The van der Waals surface area contributed by atoms with Crippen molar-refractivity contribution >= 4 is 5.91 Å². The molecule has 24 heavy (non-hydrogen) atoms. The zero-order valence-corrected chi connectivity index (χ0v) is 14.8. The van der Waals surface area contributed by atoms with E-state index in [-0.39, 0.29) is 17.8 Å². The molecule has 130 valence electrons. The molecule has 0 aliphatic heterocycles. The van der Waals surface area contributed by atoms with Crippen molar-refractivity contribution in [3.8, 4) is 5.69 Å². The first-order valence-corrected chi connectivity index (χ1v) is 8.50. The number of hydrogen-bond acceptors (Lipinski definition) is 2. The summed E-state index contributed by atoms with van der Waals surface area (Å²) in [5.41, 5.74) is 1.46. The van der Waals surface area contributed by atoms with Crippen LogP contribution in [0, 0.1) is 18.7 Å². The highest BCUT2D eigenvalue weighted by Gasteiger charge is 2.18. The van der Waals surface area contributed by atoms with E-state index in [0.717, 1.165) is 19.3 Å². The first-order chi connectivity index (χ1) is 11.4. The Kier molecular flexibility index (Phi) is 6.12. The normalized spacial score (nSPS) is 12.4. The summed E-state index contributed by atoms with van der Waals surface area (Å²) in [7, 11) is 0. The van der Waals surface area contributed by atoms with Crippen molar-refractivity contribution in [3.05, 3.63) is 47.5 Å². The van der Waals surface area contributed by atoms with E-state index in [0.29, 0.717) is 22.9 Å². The van der Waals surface area contributed by atoms with Crippen LogP contribution in [0.2, 0.25) is 0 Å². The number of para-hydroxylation sites is 1. The van der Waals surface area contributed by atoms with Crippen LogP contribution in [0.4, 0.5) is 4.39 Å². The van der Waals surface area contributed by atoms with Gasteiger partial charge < -0.3 is 5.32 Å². The average molecular weight is 331 g/mol. The van der Waals surface area contributed by atoms with E-state index >= 15 is 0 Å². The van der Waals surface area contributed by atoms with Crippen LogP contribution in [-0.2, 0) is 0 Å². The Labute approximate surface area is 143 Å². The molecule has 2 aromatic rings. The maximum atomic E-state index is 13.9. The lowest BCUT2D eigenvalue weighted by molar-refractivity contribution is 0.0937. The van der Waals surface area contributed by atoms with Crippen LogP contribution < -0.4 is 5.32 Å². The zero-order chi connectivity index (χ0) is 17.7. The van der Waals surface area contributed by atoms with Crippen LogP contribution in [0.3, 0.4) is 0 Å². The Morgan fingerprint density at radius 1 is 1.25 bits per heavy atom. The van der Waals surface area contributed by atoms with Gasteiger partial charge >= 0.3 is 0 Å². The molecule has 1 N–H and O–H groups in total. The minimum Gasteiger partial charge on any atom is -0.349 e. The maximum Gasteiger partial charge on any atom is 0.254 e. The fourth-order valence-electron chi connectivity index (χ4n) is 2.70. The largest absolute Gasteiger partial charge is 0.349 e. The molecule has 0 saturated carbocycles. The van der Waals surface area contributed by atoms with Gasteiger partial charge in [-0.25, -0.2) is 9.07 Å². The van der Waals surface area contributed by atoms with E-state index in [4.69, 9.17) is 0 Å². The van der Waals surface area contributed by atoms with Gasteiger partial charge in [-0.05, 0) is 38.3 Å². The molecule has 0 saturated heterocycles. The lowest BCUT2D eigenvalue weighted by atomic mass is 10.0. The number of carbonyl (C=O) groups excluding carboxylic acids is 1. The quantitative estimate of drug-likeness (QED) is 0.824. The van der Waals surface area contributed by atoms with E-state index in [9.17, 15) is 9.18 Å². The average Bonchev–Trinajstić information content (AvgIpc) is 2.89. The van der Waals surface area contributed by atoms with Crippen molar-refractivity contribution in [3.63, 3.8) is 0 Å². The number of rotatable bonds is 7. The summed E-state index contributed by atoms with van der Waals surface area (Å²) in [5, 5.41) is 7.18. The molecule has 1 unspecified atom stereocenters. The smallest absolute Gasteiger partial charge is 0.254 e. The van der Waals surface area contributed by atoms with Gasteiger partial charge in [0.1, 0.15) is 11.5 Å². The summed E-state index contributed by atoms with van der Waals surface area (Å²) < 4.78 is 15.4. The Morgan fingerprint density at radius 3 is 2.62 bits per heavy atom. The van der Waals surface area contributed by atoms with Crippen molar-refractivity contribution in [1.29, 1.82) is 0 Å². The molecule has 1 atom stereocenters. The summed E-state index contributed by atoms with van der Waals surface area (Å²) in [6, 6.07) is 6.51. The van der Waals surface area contributed by atoms with Crippen molar-refractivity contribution in [2.24, 2.45) is 5.92 Å². The molecule has 0 aliphatic carbocycles. The second kappa shape index (κ2) is 8.08. The van der Waals surface area contributed by atoms with Crippen LogP contribution >= 0.6 is 0 Å². The molecule has 1 amide bonds. The molecule has 0 fully saturated rings. The van der Waals surface area contributed by atoms with E-state index in [2.05, 4.69) is 24.3 Å². The highest BCUT2D eigenvalue weighted by Crippen LogP contribution is 2.17. The third-order valence-electron chi connectivity index (χ3n) is 4.13. The predicted molar refractivity (Wildman–Crippen MR) is 93.9 cm³/mol. The van der Waals surface area contributed by atoms with Crippen molar-refractivity contribution < 1.29 is 9.18 Å². The Bertz CT molecular complexity index is 694. The number of benzene rings is 1. The van der Waals surface area contributed by atoms with Gasteiger partial charge in [0.15, 0.2) is 0 Å². The van der Waals surface area contributed by atoms with Gasteiger partial charge in [0, 0.05) is 6.04 Å². The van der Waals surface area contributed by atoms with E-state index in [1.807, 2.05) is 6.92 Å². The monoisotopic (exact) mass is 331 g/mol. The van der Waals surface area contributed by atoms with E-state index < -0.39 is 0 Å². The second-order valence-corrected chi connectivity index (χ2v) is 6.71. The van der Waals surface area contributed by atoms with Crippen LogP contribution in [0.5, 0.6) is 0 Å². The van der Waals surface area contributed by atoms with Gasteiger partial charge in [-0.15, -0.1) is 0 Å². The fraction of sp³-hybridized carbons (Fsp3) is 0.474. The number of carbonyl (C=O) groups is 1. The first-order valence-electron chi connectivity index (χ1n) is 8.50. The predicted octanol–water partition coefficient (Wildman–Crippen LogP) is 4.26. The molecule has 1 aromatic carbocycles. The number of aromatic nitrogens is 2. The van der Waals surface area contributed by atoms with Crippen LogP contribution in [0.1, 0.15) is 56.1 Å². The topological polar surface area (TPSA) is 46.9 Å². The molecule has 0 bridgehead atoms. The molecule has 4 nitrogen and oxygen atoms in total. The minimum absolute atomic E-state index is 0.104. The number of nitrogens with one attached hydrogen (secondary N) is 1. The molecular weight excluding hydrogens is 305 g/mol. The number of hydrogen-bond donors (Lipinski definition) is 1. The van der Waals surface area contributed by atoms with Crippen molar-refractivity contribution in [2.75, 3.05) is 0 Å². The summed E-state index contributed by atoms with van der Waals surface area (Å²) >= 11 is 0. The third-order valence-corrected chi connectivity index (χ3v) is 4.13. The SMILES string of the molecule is Cc1c(C(=O)NC(C)CCCC(C)C)cnn1-c1ccccc1F. The van der Waals surface area contributed by atoms with Gasteiger partial charge in [-0.1, -0.05) is 38.8 Å². The van der Waals surface area contributed by atoms with Crippen molar-refractivity contribution in [1.82, 2.24) is 15.1 Å². The van der Waals surface area contributed by atoms with Gasteiger partial charge in [0.25, 0.3) is 5.91 Å². The Hall–Kier alpha value is -2.17. The maximum absolute atomic E-state index is 13.9. The number of amides is 1. The molecule has 0 aliphatic rings.